The summed E-state index contributed by atoms with van der Waals surface area (Å²) in [6.07, 6.45) is 4.67. The predicted octanol–water partition coefficient (Wildman–Crippen LogP) is -0.941. The number of carbonyl (C=O) groups excluding carboxylic acids is 6. The third-order valence-electron chi connectivity index (χ3n) is 8.31. The summed E-state index contributed by atoms with van der Waals surface area (Å²) in [5, 5.41) is 11.9. The van der Waals surface area contributed by atoms with Crippen LogP contribution in [0.4, 0.5) is 4.79 Å². The van der Waals surface area contributed by atoms with Crippen LogP contribution in [0, 0.1) is 0 Å². The number of hydrogen-bond donors (Lipinski definition) is 11. The predicted molar refractivity (Wildman–Crippen MR) is 229 cm³/mol. The van der Waals surface area contributed by atoms with Crippen molar-refractivity contribution in [1.29, 1.82) is 0 Å². The molecule has 3 rings (SSSR count). The molecule has 0 spiro atoms. The van der Waals surface area contributed by atoms with Gasteiger partial charge in [-0.1, -0.05) is 30.3 Å². The summed E-state index contributed by atoms with van der Waals surface area (Å²) in [6, 6.07) is 8.85. The fourth-order valence-electron chi connectivity index (χ4n) is 5.63. The van der Waals surface area contributed by atoms with Crippen LogP contribution in [-0.4, -0.2) is 97.5 Å². The van der Waals surface area contributed by atoms with Crippen LogP contribution in [0.5, 0.6) is 5.75 Å². The number of ether oxygens (including phenoxy) is 1. The van der Waals surface area contributed by atoms with Crippen molar-refractivity contribution >= 4 is 81.8 Å². The monoisotopic (exact) mass is 840 g/mol. The van der Waals surface area contributed by atoms with E-state index in [0.717, 1.165) is 28.1 Å². The van der Waals surface area contributed by atoms with Crippen molar-refractivity contribution < 1.29 is 33.5 Å². The largest absolute Gasteiger partial charge is 0.493 e. The zero-order valence-electron chi connectivity index (χ0n) is 33.0. The van der Waals surface area contributed by atoms with Crippen LogP contribution < -0.4 is 66.1 Å². The standard InChI is InChI=1S/C36H53N13O6S.CH3NO/c1-21(8-4-16-43-33(37)38)46-30(51)26(12-6-18-45-35(41)42)48-31(52)25(11-5-17-44-34(39)40)47-29(50)13-7-19-55-27-15-14-22(23-9-2-3-10-24(23)27)20-28-32(53)49-36(54)56-28;2-1-3/h2-3,9-10,14-15,20-21,25-26H,4-8,11-13,16-19H2,1H3,(H,46,51)(H,47,50)(H,48,52)(H4,37,38,43)(H4,39,40,44)(H4,41,42,45)(H,49,53,54);1H,(H2,2,3)/b28-20-;/t21?,25?,26-;/m0./s1. The zero-order chi connectivity index (χ0) is 43.7. The Hall–Kier alpha value is -6.58. The van der Waals surface area contributed by atoms with Gasteiger partial charge in [0.2, 0.25) is 24.1 Å². The number of hydrogen-bond acceptors (Lipinski definition) is 11. The lowest BCUT2D eigenvalue weighted by atomic mass is 10.0. The molecular formula is C37H56N14O7S. The van der Waals surface area contributed by atoms with Crippen molar-refractivity contribution in [2.45, 2.75) is 76.4 Å². The van der Waals surface area contributed by atoms with E-state index in [0.29, 0.717) is 49.3 Å². The molecule has 3 atom stereocenters. The summed E-state index contributed by atoms with van der Waals surface area (Å²) < 4.78 is 6.06. The second-order valence-corrected chi connectivity index (χ2v) is 14.1. The Morgan fingerprint density at radius 3 is 1.83 bits per heavy atom. The van der Waals surface area contributed by atoms with Gasteiger partial charge in [0.25, 0.3) is 11.1 Å². The molecule has 21 nitrogen and oxygen atoms in total. The molecule has 1 aliphatic heterocycles. The fourth-order valence-corrected chi connectivity index (χ4v) is 6.30. The molecule has 1 heterocycles. The van der Waals surface area contributed by atoms with Crippen LogP contribution in [0.1, 0.15) is 63.9 Å². The molecule has 0 saturated carbocycles. The molecule has 2 unspecified atom stereocenters. The minimum absolute atomic E-state index is 0.0125. The molecule has 18 N–H and O–H groups in total. The van der Waals surface area contributed by atoms with Gasteiger partial charge in [0.15, 0.2) is 17.9 Å². The molecule has 0 bridgehead atoms. The number of aliphatic imine (C=N–C) groups is 3. The van der Waals surface area contributed by atoms with Gasteiger partial charge >= 0.3 is 0 Å². The Balaban J connectivity index is 0.00000387. The molecule has 2 aromatic rings. The van der Waals surface area contributed by atoms with Crippen LogP contribution >= 0.6 is 11.8 Å². The summed E-state index contributed by atoms with van der Waals surface area (Å²) >= 11 is 0.840. The smallest absolute Gasteiger partial charge is 0.290 e. The summed E-state index contributed by atoms with van der Waals surface area (Å²) in [5.74, 6) is -1.43. The third kappa shape index (κ3) is 18.9. The number of rotatable bonds is 23. The SMILES string of the molecule is CC(CCCN=C(N)N)NC(=O)[C@H](CCCN=C(N)N)NC(=O)C(CCCN=C(N)N)NC(=O)CCCOc1ccc(/C=C2\SC(=O)NC2=O)c2ccccc12.NC=O. The van der Waals surface area contributed by atoms with Crippen LogP contribution in [-0.2, 0) is 24.0 Å². The van der Waals surface area contributed by atoms with E-state index in [4.69, 9.17) is 43.9 Å². The van der Waals surface area contributed by atoms with E-state index in [9.17, 15) is 24.0 Å². The molecule has 22 heteroatoms. The highest BCUT2D eigenvalue weighted by molar-refractivity contribution is 8.18. The lowest BCUT2D eigenvalue weighted by molar-refractivity contribution is -0.132. The van der Waals surface area contributed by atoms with Crippen molar-refractivity contribution in [3.05, 3.63) is 46.9 Å². The number of thioether (sulfide) groups is 1. The van der Waals surface area contributed by atoms with E-state index in [2.05, 4.69) is 42.0 Å². The molecule has 2 aromatic carbocycles. The average Bonchev–Trinajstić information content (AvgIpc) is 3.50. The van der Waals surface area contributed by atoms with Crippen molar-refractivity contribution in [2.24, 2.45) is 55.1 Å². The molecule has 1 fully saturated rings. The topological polar surface area (TPSA) is 379 Å². The Morgan fingerprint density at radius 2 is 1.29 bits per heavy atom. The first-order valence-electron chi connectivity index (χ1n) is 18.8. The lowest BCUT2D eigenvalue weighted by Crippen LogP contribution is -2.54. The Morgan fingerprint density at radius 1 is 0.763 bits per heavy atom. The van der Waals surface area contributed by atoms with E-state index in [-0.39, 0.29) is 69.3 Å². The van der Waals surface area contributed by atoms with Gasteiger partial charge in [0.1, 0.15) is 17.8 Å². The number of imide groups is 1. The number of nitrogens with two attached hydrogens (primary N) is 7. The molecule has 1 aliphatic rings. The molecule has 6 amide bonds. The van der Waals surface area contributed by atoms with Gasteiger partial charge in [-0.15, -0.1) is 0 Å². The second kappa shape index (κ2) is 26.4. The Bertz CT molecular complexity index is 1880. The van der Waals surface area contributed by atoms with Crippen molar-refractivity contribution in [3.8, 4) is 5.75 Å². The third-order valence-corrected chi connectivity index (χ3v) is 9.12. The number of benzene rings is 2. The number of amides is 6. The number of guanidine groups is 3. The van der Waals surface area contributed by atoms with E-state index in [1.807, 2.05) is 31.2 Å². The maximum atomic E-state index is 13.7. The summed E-state index contributed by atoms with van der Waals surface area (Å²) in [6.45, 7) is 2.90. The molecular weight excluding hydrogens is 785 g/mol. The lowest BCUT2D eigenvalue weighted by Gasteiger charge is -2.24. The van der Waals surface area contributed by atoms with Crippen LogP contribution in [0.15, 0.2) is 56.3 Å². The highest BCUT2D eigenvalue weighted by atomic mass is 32.2. The maximum Gasteiger partial charge on any atom is 0.290 e. The first-order valence-corrected chi connectivity index (χ1v) is 19.6. The summed E-state index contributed by atoms with van der Waals surface area (Å²) in [5.41, 5.74) is 37.5. The molecule has 1 saturated heterocycles. The first-order chi connectivity index (χ1) is 28.1. The number of carbonyl (C=O) groups is 6. The molecule has 0 aromatic heterocycles. The molecule has 0 aliphatic carbocycles. The van der Waals surface area contributed by atoms with Crippen molar-refractivity contribution in [1.82, 2.24) is 21.3 Å². The van der Waals surface area contributed by atoms with Crippen molar-refractivity contribution in [2.75, 3.05) is 26.2 Å². The normalized spacial score (nSPS) is 14.0. The number of primary amides is 1. The van der Waals surface area contributed by atoms with Gasteiger partial charge < -0.3 is 60.8 Å². The van der Waals surface area contributed by atoms with Crippen LogP contribution in [0.3, 0.4) is 0 Å². The van der Waals surface area contributed by atoms with Crippen LogP contribution in [0.2, 0.25) is 0 Å². The Kier molecular flexibility index (Phi) is 21.7. The highest BCUT2D eigenvalue weighted by Gasteiger charge is 2.28. The summed E-state index contributed by atoms with van der Waals surface area (Å²) in [4.78, 5) is 84.7. The minimum atomic E-state index is -0.997. The van der Waals surface area contributed by atoms with Crippen molar-refractivity contribution in [3.63, 3.8) is 0 Å². The Labute approximate surface area is 346 Å². The van der Waals surface area contributed by atoms with E-state index in [1.165, 1.54) is 0 Å². The number of nitrogens with zero attached hydrogens (tertiary/aromatic N) is 3. The van der Waals surface area contributed by atoms with E-state index in [1.54, 1.807) is 18.2 Å². The van der Waals surface area contributed by atoms with Gasteiger partial charge in [0, 0.05) is 37.5 Å². The highest BCUT2D eigenvalue weighted by Crippen LogP contribution is 2.32. The van der Waals surface area contributed by atoms with Gasteiger partial charge in [-0.2, -0.15) is 0 Å². The first kappa shape index (κ1) is 48.6. The van der Waals surface area contributed by atoms with E-state index >= 15 is 0 Å². The van der Waals surface area contributed by atoms with Gasteiger partial charge in [0.05, 0.1) is 11.5 Å². The molecule has 59 heavy (non-hydrogen) atoms. The van der Waals surface area contributed by atoms with Gasteiger partial charge in [-0.25, -0.2) is 0 Å². The van der Waals surface area contributed by atoms with Crippen LogP contribution in [0.25, 0.3) is 16.8 Å². The quantitative estimate of drug-likeness (QED) is 0.0212. The zero-order valence-corrected chi connectivity index (χ0v) is 33.8. The minimum Gasteiger partial charge on any atom is -0.493 e. The summed E-state index contributed by atoms with van der Waals surface area (Å²) in [7, 11) is 0. The average molecular weight is 841 g/mol. The fraction of sp³-hybridized carbons (Fsp3) is 0.432. The molecule has 0 radical (unpaired) electrons. The number of fused-ring (bicyclic) bond motifs is 1. The van der Waals surface area contributed by atoms with Gasteiger partial charge in [-0.05, 0) is 86.7 Å². The maximum absolute atomic E-state index is 13.7. The second-order valence-electron chi connectivity index (χ2n) is 13.1. The van der Waals surface area contributed by atoms with E-state index < -0.39 is 41.0 Å². The van der Waals surface area contributed by atoms with Gasteiger partial charge in [-0.3, -0.25) is 49.1 Å². The molecule has 322 valence electrons. The number of nitrogens with one attached hydrogen (secondary N) is 4.